The SMILES string of the molecule is COC(=O)Cc1c(-c2ccc(Cl)c(S(=O)(=O)NCCCc3ccccc3)c2)[nH]c2ccccc12. The third-order valence-corrected chi connectivity index (χ3v) is 7.59. The van der Waals surface area contributed by atoms with Gasteiger partial charge in [-0.1, -0.05) is 66.2 Å². The molecule has 4 rings (SSSR count). The first kappa shape index (κ1) is 24.0. The largest absolute Gasteiger partial charge is 0.469 e. The number of H-pyrrole nitrogens is 1. The molecule has 0 fully saturated rings. The van der Waals surface area contributed by atoms with Gasteiger partial charge in [0.2, 0.25) is 10.0 Å². The van der Waals surface area contributed by atoms with Gasteiger partial charge in [-0.2, -0.15) is 0 Å². The van der Waals surface area contributed by atoms with E-state index in [1.54, 1.807) is 12.1 Å². The van der Waals surface area contributed by atoms with Crippen LogP contribution < -0.4 is 4.72 Å². The number of fused-ring (bicyclic) bond motifs is 1. The van der Waals surface area contributed by atoms with Gasteiger partial charge in [0.15, 0.2) is 0 Å². The van der Waals surface area contributed by atoms with Crippen molar-refractivity contribution in [3.63, 3.8) is 0 Å². The molecule has 0 unspecified atom stereocenters. The van der Waals surface area contributed by atoms with Crippen LogP contribution in [0.25, 0.3) is 22.2 Å². The maximum atomic E-state index is 13.0. The minimum Gasteiger partial charge on any atom is -0.469 e. The van der Waals surface area contributed by atoms with Crippen molar-refractivity contribution in [2.24, 2.45) is 0 Å². The summed E-state index contributed by atoms with van der Waals surface area (Å²) in [6.45, 7) is 0.289. The Morgan fingerprint density at radius 3 is 2.53 bits per heavy atom. The van der Waals surface area contributed by atoms with Gasteiger partial charge in [-0.3, -0.25) is 4.79 Å². The molecule has 0 radical (unpaired) electrons. The van der Waals surface area contributed by atoms with E-state index in [4.69, 9.17) is 16.3 Å². The second-order valence-corrected chi connectivity index (χ2v) is 10.1. The number of hydrogen-bond acceptors (Lipinski definition) is 4. The third kappa shape index (κ3) is 5.33. The summed E-state index contributed by atoms with van der Waals surface area (Å²) in [5.74, 6) is -0.382. The Hall–Kier alpha value is -3.13. The second-order valence-electron chi connectivity index (χ2n) is 7.91. The number of aromatic nitrogens is 1. The Bertz CT molecular complexity index is 1420. The van der Waals surface area contributed by atoms with E-state index in [0.717, 1.165) is 28.5 Å². The first-order chi connectivity index (χ1) is 16.4. The number of aryl methyl sites for hydroxylation is 1. The second kappa shape index (κ2) is 10.4. The normalized spacial score (nSPS) is 11.6. The van der Waals surface area contributed by atoms with E-state index >= 15 is 0 Å². The number of sulfonamides is 1. The molecule has 0 saturated heterocycles. The van der Waals surface area contributed by atoms with E-state index in [1.165, 1.54) is 13.2 Å². The summed E-state index contributed by atoms with van der Waals surface area (Å²) in [6, 6.07) is 22.3. The van der Waals surface area contributed by atoms with Gasteiger partial charge in [-0.15, -0.1) is 0 Å². The first-order valence-corrected chi connectivity index (χ1v) is 12.7. The van der Waals surface area contributed by atoms with E-state index < -0.39 is 10.0 Å². The Morgan fingerprint density at radius 1 is 1.03 bits per heavy atom. The zero-order chi connectivity index (χ0) is 24.1. The van der Waals surface area contributed by atoms with Crippen molar-refractivity contribution in [1.82, 2.24) is 9.71 Å². The number of methoxy groups -OCH3 is 1. The predicted molar refractivity (Wildman–Crippen MR) is 134 cm³/mol. The molecule has 0 atom stereocenters. The molecule has 2 N–H and O–H groups in total. The highest BCUT2D eigenvalue weighted by atomic mass is 35.5. The minimum atomic E-state index is -3.83. The molecule has 34 heavy (non-hydrogen) atoms. The first-order valence-electron chi connectivity index (χ1n) is 10.9. The van der Waals surface area contributed by atoms with Gasteiger partial charge in [-0.25, -0.2) is 13.1 Å². The monoisotopic (exact) mass is 496 g/mol. The standard InChI is InChI=1S/C26H25ClN2O4S/c1-33-25(30)17-21-20-11-5-6-12-23(20)29-26(21)19-13-14-22(27)24(16-19)34(31,32)28-15-7-10-18-8-3-2-4-9-18/h2-6,8-9,11-14,16,28-29H,7,10,15,17H2,1H3. The highest BCUT2D eigenvalue weighted by molar-refractivity contribution is 7.89. The Balaban J connectivity index is 1.61. The van der Waals surface area contributed by atoms with Crippen molar-refractivity contribution in [2.45, 2.75) is 24.2 Å². The smallest absolute Gasteiger partial charge is 0.310 e. The van der Waals surface area contributed by atoms with Crippen LogP contribution in [0.3, 0.4) is 0 Å². The molecule has 176 valence electrons. The summed E-state index contributed by atoms with van der Waals surface area (Å²) >= 11 is 6.30. The van der Waals surface area contributed by atoms with Crippen LogP contribution >= 0.6 is 11.6 Å². The van der Waals surface area contributed by atoms with Crippen LogP contribution in [0.2, 0.25) is 5.02 Å². The fourth-order valence-electron chi connectivity index (χ4n) is 3.93. The molecule has 4 aromatic rings. The van der Waals surface area contributed by atoms with Crippen molar-refractivity contribution >= 4 is 38.5 Å². The zero-order valence-electron chi connectivity index (χ0n) is 18.7. The number of para-hydroxylation sites is 1. The Morgan fingerprint density at radius 2 is 1.76 bits per heavy atom. The summed E-state index contributed by atoms with van der Waals surface area (Å²) in [5.41, 5.74) is 4.00. The van der Waals surface area contributed by atoms with Gasteiger partial charge in [0.1, 0.15) is 4.90 Å². The van der Waals surface area contributed by atoms with Gasteiger partial charge in [0.25, 0.3) is 0 Å². The molecule has 0 aliphatic heterocycles. The predicted octanol–water partition coefficient (Wildman–Crippen LogP) is 5.11. The number of carbonyl (C=O) groups is 1. The summed E-state index contributed by atoms with van der Waals surface area (Å²) < 4.78 is 33.6. The molecule has 3 aromatic carbocycles. The van der Waals surface area contributed by atoms with Crippen LogP contribution in [-0.4, -0.2) is 33.0 Å². The van der Waals surface area contributed by atoms with Crippen LogP contribution in [0, 0.1) is 0 Å². The minimum absolute atomic E-state index is 0.00551. The number of halogens is 1. The van der Waals surface area contributed by atoms with Crippen LogP contribution in [-0.2, 0) is 32.4 Å². The van der Waals surface area contributed by atoms with Gasteiger partial charge in [0, 0.05) is 17.4 Å². The van der Waals surface area contributed by atoms with Crippen LogP contribution in [0.5, 0.6) is 0 Å². The van der Waals surface area contributed by atoms with E-state index in [9.17, 15) is 13.2 Å². The van der Waals surface area contributed by atoms with Crippen molar-refractivity contribution < 1.29 is 17.9 Å². The molecule has 8 heteroatoms. The van der Waals surface area contributed by atoms with E-state index in [0.29, 0.717) is 17.7 Å². The lowest BCUT2D eigenvalue weighted by Crippen LogP contribution is -2.25. The van der Waals surface area contributed by atoms with Crippen LogP contribution in [0.4, 0.5) is 0 Å². The van der Waals surface area contributed by atoms with Crippen molar-refractivity contribution in [3.8, 4) is 11.3 Å². The third-order valence-electron chi connectivity index (χ3n) is 5.65. The van der Waals surface area contributed by atoms with Crippen molar-refractivity contribution in [2.75, 3.05) is 13.7 Å². The van der Waals surface area contributed by atoms with Crippen LogP contribution in [0.1, 0.15) is 17.5 Å². The number of rotatable bonds is 9. The lowest BCUT2D eigenvalue weighted by molar-refractivity contribution is -0.139. The Kier molecular flexibility index (Phi) is 7.36. The van der Waals surface area contributed by atoms with Crippen molar-refractivity contribution in [1.29, 1.82) is 0 Å². The maximum Gasteiger partial charge on any atom is 0.310 e. The fourth-order valence-corrected chi connectivity index (χ4v) is 5.53. The van der Waals surface area contributed by atoms with E-state index in [2.05, 4.69) is 9.71 Å². The quantitative estimate of drug-likeness (QED) is 0.249. The number of nitrogens with one attached hydrogen (secondary N) is 2. The summed E-state index contributed by atoms with van der Waals surface area (Å²) in [6.07, 6.45) is 1.48. The molecule has 0 amide bonds. The number of carbonyl (C=O) groups excluding carboxylic acids is 1. The lowest BCUT2D eigenvalue weighted by Gasteiger charge is -2.11. The number of hydrogen-bond donors (Lipinski definition) is 2. The topological polar surface area (TPSA) is 88.3 Å². The molecule has 0 spiro atoms. The molecule has 0 aliphatic carbocycles. The molecule has 0 bridgehead atoms. The highest BCUT2D eigenvalue weighted by Crippen LogP contribution is 2.34. The molecule has 1 aromatic heterocycles. The molecule has 6 nitrogen and oxygen atoms in total. The summed E-state index contributed by atoms with van der Waals surface area (Å²) in [7, 11) is -2.49. The molecule has 0 aliphatic rings. The number of esters is 1. The van der Waals surface area contributed by atoms with Gasteiger partial charge in [0.05, 0.1) is 24.2 Å². The molecular formula is C26H25ClN2O4S. The van der Waals surface area contributed by atoms with Crippen LogP contribution in [0.15, 0.2) is 77.7 Å². The molecular weight excluding hydrogens is 472 g/mol. The molecule has 0 saturated carbocycles. The molecule has 1 heterocycles. The average molecular weight is 497 g/mol. The maximum absolute atomic E-state index is 13.0. The van der Waals surface area contributed by atoms with E-state index in [-0.39, 0.29) is 28.9 Å². The number of ether oxygens (including phenoxy) is 1. The summed E-state index contributed by atoms with van der Waals surface area (Å²) in [4.78, 5) is 15.4. The van der Waals surface area contributed by atoms with Gasteiger partial charge in [-0.05, 0) is 47.7 Å². The lowest BCUT2D eigenvalue weighted by atomic mass is 10.0. The number of benzene rings is 3. The van der Waals surface area contributed by atoms with E-state index in [1.807, 2.05) is 54.6 Å². The highest BCUT2D eigenvalue weighted by Gasteiger charge is 2.21. The number of aromatic amines is 1. The summed E-state index contributed by atoms with van der Waals surface area (Å²) in [5, 5.41) is 1.01. The van der Waals surface area contributed by atoms with Gasteiger partial charge >= 0.3 is 5.97 Å². The Labute approximate surface area is 204 Å². The zero-order valence-corrected chi connectivity index (χ0v) is 20.2. The van der Waals surface area contributed by atoms with Gasteiger partial charge < -0.3 is 9.72 Å². The fraction of sp³-hybridized carbons (Fsp3) is 0.192. The van der Waals surface area contributed by atoms with Crippen molar-refractivity contribution in [3.05, 3.63) is 88.9 Å². The average Bonchev–Trinajstić information content (AvgIpc) is 3.21.